The Labute approximate surface area is 189 Å². The first-order valence-electron chi connectivity index (χ1n) is 11.0. The van der Waals surface area contributed by atoms with Gasteiger partial charge < -0.3 is 19.5 Å². The quantitative estimate of drug-likeness (QED) is 0.419. The Morgan fingerprint density at radius 3 is 2.61 bits per heavy atom. The lowest BCUT2D eigenvalue weighted by molar-refractivity contribution is 0.313. The van der Waals surface area contributed by atoms with Crippen molar-refractivity contribution in [2.75, 3.05) is 38.1 Å². The number of hydrogen-bond acceptors (Lipinski definition) is 5. The summed E-state index contributed by atoms with van der Waals surface area (Å²) >= 11 is 0. The van der Waals surface area contributed by atoms with Crippen LogP contribution in [0.15, 0.2) is 60.7 Å². The standard InChI is InChI=1S/C25H23FN6O/c1-31-9-11-32(12-10-31)17-5-7-22-23(14-17)28-25(27-22)24-20-15-19(6-8-21(20)29-30-24)33-18-4-2-3-16(26)13-18/h2-8,13-15H,9-12H2,1H3,(H,27,28)(H,29,30). The fourth-order valence-corrected chi connectivity index (χ4v) is 4.27. The van der Waals surface area contributed by atoms with Crippen LogP contribution >= 0.6 is 0 Å². The molecule has 1 aliphatic heterocycles. The number of anilines is 1. The molecule has 1 aliphatic rings. The Hall–Kier alpha value is -3.91. The van der Waals surface area contributed by atoms with E-state index in [-0.39, 0.29) is 5.82 Å². The number of halogens is 1. The zero-order valence-corrected chi connectivity index (χ0v) is 18.2. The second kappa shape index (κ2) is 7.90. The Bertz CT molecular complexity index is 1450. The molecule has 6 rings (SSSR count). The molecule has 0 spiro atoms. The minimum absolute atomic E-state index is 0.337. The summed E-state index contributed by atoms with van der Waals surface area (Å²) in [5, 5.41) is 8.43. The van der Waals surface area contributed by atoms with E-state index in [4.69, 9.17) is 9.72 Å². The normalized spacial score (nSPS) is 14.9. The zero-order chi connectivity index (χ0) is 22.4. The summed E-state index contributed by atoms with van der Waals surface area (Å²) in [7, 11) is 2.16. The SMILES string of the molecule is CN1CCN(c2ccc3nc(-c4n[nH]c5ccc(Oc6cccc(F)c6)cc45)[nH]c3c2)CC1. The highest BCUT2D eigenvalue weighted by Crippen LogP contribution is 2.32. The Morgan fingerprint density at radius 1 is 0.909 bits per heavy atom. The molecule has 0 radical (unpaired) electrons. The van der Waals surface area contributed by atoms with Crippen LogP contribution in [0.2, 0.25) is 0 Å². The molecule has 0 saturated carbocycles. The molecule has 0 atom stereocenters. The van der Waals surface area contributed by atoms with Gasteiger partial charge in [0.1, 0.15) is 23.0 Å². The maximum Gasteiger partial charge on any atom is 0.159 e. The Morgan fingerprint density at radius 2 is 1.76 bits per heavy atom. The highest BCUT2D eigenvalue weighted by Gasteiger charge is 2.17. The molecule has 1 saturated heterocycles. The van der Waals surface area contributed by atoms with E-state index in [1.165, 1.54) is 17.8 Å². The van der Waals surface area contributed by atoms with E-state index >= 15 is 0 Å². The monoisotopic (exact) mass is 442 g/mol. The van der Waals surface area contributed by atoms with Crippen molar-refractivity contribution in [2.45, 2.75) is 0 Å². The summed E-state index contributed by atoms with van der Waals surface area (Å²) in [4.78, 5) is 13.0. The van der Waals surface area contributed by atoms with Gasteiger partial charge in [-0.3, -0.25) is 5.10 Å². The molecule has 3 heterocycles. The molecule has 0 bridgehead atoms. The zero-order valence-electron chi connectivity index (χ0n) is 18.2. The van der Waals surface area contributed by atoms with Gasteiger partial charge in [0, 0.05) is 43.3 Å². The number of nitrogens with zero attached hydrogens (tertiary/aromatic N) is 4. The second-order valence-electron chi connectivity index (χ2n) is 8.42. The number of nitrogens with one attached hydrogen (secondary N) is 2. The summed E-state index contributed by atoms with van der Waals surface area (Å²) < 4.78 is 19.4. The summed E-state index contributed by atoms with van der Waals surface area (Å²) in [5.74, 6) is 1.40. The minimum Gasteiger partial charge on any atom is -0.457 e. The lowest BCUT2D eigenvalue weighted by Gasteiger charge is -2.34. The van der Waals surface area contributed by atoms with Crippen LogP contribution in [0.3, 0.4) is 0 Å². The van der Waals surface area contributed by atoms with Crippen LogP contribution in [0, 0.1) is 5.82 Å². The number of rotatable bonds is 4. The molecular formula is C25H23FN6O. The molecule has 3 aromatic carbocycles. The van der Waals surface area contributed by atoms with Crippen LogP contribution in [0.5, 0.6) is 11.5 Å². The summed E-state index contributed by atoms with van der Waals surface area (Å²) in [6, 6.07) is 18.1. The third-order valence-electron chi connectivity index (χ3n) is 6.12. The number of ether oxygens (including phenoxy) is 1. The molecule has 0 amide bonds. The van der Waals surface area contributed by atoms with E-state index in [1.54, 1.807) is 12.1 Å². The molecule has 0 aliphatic carbocycles. The highest BCUT2D eigenvalue weighted by atomic mass is 19.1. The second-order valence-corrected chi connectivity index (χ2v) is 8.42. The van der Waals surface area contributed by atoms with Crippen molar-refractivity contribution in [1.82, 2.24) is 25.1 Å². The fraction of sp³-hybridized carbons (Fsp3) is 0.200. The largest absolute Gasteiger partial charge is 0.457 e. The molecule has 2 aromatic heterocycles. The summed E-state index contributed by atoms with van der Waals surface area (Å²) in [5.41, 5.74) is 4.65. The topological polar surface area (TPSA) is 73.1 Å². The maximum absolute atomic E-state index is 13.5. The van der Waals surface area contributed by atoms with Crippen molar-refractivity contribution >= 4 is 27.6 Å². The predicted octanol–water partition coefficient (Wildman–Crippen LogP) is 4.79. The number of fused-ring (bicyclic) bond motifs is 2. The lowest BCUT2D eigenvalue weighted by atomic mass is 10.2. The van der Waals surface area contributed by atoms with Crippen LogP contribution in [-0.4, -0.2) is 58.3 Å². The van der Waals surface area contributed by atoms with Crippen molar-refractivity contribution in [2.24, 2.45) is 0 Å². The van der Waals surface area contributed by atoms with Gasteiger partial charge in [-0.05, 0) is 55.6 Å². The van der Waals surface area contributed by atoms with E-state index in [0.717, 1.165) is 48.1 Å². The first-order valence-corrected chi connectivity index (χ1v) is 11.0. The van der Waals surface area contributed by atoms with Crippen LogP contribution in [-0.2, 0) is 0 Å². The average Bonchev–Trinajstić information content (AvgIpc) is 3.42. The third-order valence-corrected chi connectivity index (χ3v) is 6.12. The van der Waals surface area contributed by atoms with Crippen molar-refractivity contribution in [3.8, 4) is 23.0 Å². The average molecular weight is 442 g/mol. The van der Waals surface area contributed by atoms with E-state index in [2.05, 4.69) is 50.2 Å². The van der Waals surface area contributed by atoms with Crippen molar-refractivity contribution in [1.29, 1.82) is 0 Å². The van der Waals surface area contributed by atoms with Gasteiger partial charge >= 0.3 is 0 Å². The van der Waals surface area contributed by atoms with E-state index < -0.39 is 0 Å². The van der Waals surface area contributed by atoms with Gasteiger partial charge in [0.15, 0.2) is 5.82 Å². The van der Waals surface area contributed by atoms with Gasteiger partial charge in [0.2, 0.25) is 0 Å². The third kappa shape index (κ3) is 3.78. The number of hydrogen-bond donors (Lipinski definition) is 2. The molecule has 2 N–H and O–H groups in total. The predicted molar refractivity (Wildman–Crippen MR) is 127 cm³/mol. The van der Waals surface area contributed by atoms with Gasteiger partial charge in [0.05, 0.1) is 16.6 Å². The number of imidazole rings is 1. The number of benzene rings is 3. The van der Waals surface area contributed by atoms with Gasteiger partial charge in [-0.2, -0.15) is 5.10 Å². The summed E-state index contributed by atoms with van der Waals surface area (Å²) in [6.07, 6.45) is 0. The Kier molecular flexibility index (Phi) is 4.73. The van der Waals surface area contributed by atoms with E-state index in [1.807, 2.05) is 18.2 Å². The number of likely N-dealkylation sites (N-methyl/N-ethyl adjacent to an activating group) is 1. The number of aromatic amines is 2. The van der Waals surface area contributed by atoms with E-state index in [9.17, 15) is 4.39 Å². The minimum atomic E-state index is -0.337. The molecule has 1 fully saturated rings. The Balaban J connectivity index is 1.33. The molecule has 166 valence electrons. The van der Waals surface area contributed by atoms with Gasteiger partial charge in [-0.25, -0.2) is 9.37 Å². The summed E-state index contributed by atoms with van der Waals surface area (Å²) in [6.45, 7) is 4.15. The first-order chi connectivity index (χ1) is 16.1. The molecule has 7 nitrogen and oxygen atoms in total. The smallest absolute Gasteiger partial charge is 0.159 e. The molecule has 33 heavy (non-hydrogen) atoms. The van der Waals surface area contributed by atoms with Crippen LogP contribution in [0.4, 0.5) is 10.1 Å². The van der Waals surface area contributed by atoms with Crippen molar-refractivity contribution in [3.63, 3.8) is 0 Å². The van der Waals surface area contributed by atoms with Crippen LogP contribution < -0.4 is 9.64 Å². The van der Waals surface area contributed by atoms with Crippen molar-refractivity contribution in [3.05, 3.63) is 66.5 Å². The van der Waals surface area contributed by atoms with Gasteiger partial charge in [-0.1, -0.05) is 6.07 Å². The highest BCUT2D eigenvalue weighted by molar-refractivity contribution is 5.94. The molecule has 5 aromatic rings. The van der Waals surface area contributed by atoms with Crippen LogP contribution in [0.1, 0.15) is 0 Å². The van der Waals surface area contributed by atoms with Crippen LogP contribution in [0.25, 0.3) is 33.5 Å². The fourth-order valence-electron chi connectivity index (χ4n) is 4.27. The number of piperazine rings is 1. The van der Waals surface area contributed by atoms with Gasteiger partial charge in [-0.15, -0.1) is 0 Å². The van der Waals surface area contributed by atoms with Crippen molar-refractivity contribution < 1.29 is 9.13 Å². The molecule has 8 heteroatoms. The first kappa shape index (κ1) is 19.8. The molecule has 0 unspecified atom stereocenters. The number of aromatic nitrogens is 4. The lowest BCUT2D eigenvalue weighted by Crippen LogP contribution is -2.44. The molecular weight excluding hydrogens is 419 g/mol. The van der Waals surface area contributed by atoms with Gasteiger partial charge in [0.25, 0.3) is 0 Å². The van der Waals surface area contributed by atoms with E-state index in [0.29, 0.717) is 23.0 Å². The maximum atomic E-state index is 13.5. The number of H-pyrrole nitrogens is 2.